The highest BCUT2D eigenvalue weighted by atomic mass is 32.2. The molecule has 0 saturated heterocycles. The summed E-state index contributed by atoms with van der Waals surface area (Å²) < 4.78 is 31.8. The zero-order chi connectivity index (χ0) is 14.0. The Labute approximate surface area is 111 Å². The lowest BCUT2D eigenvalue weighted by atomic mass is 10.1. The van der Waals surface area contributed by atoms with E-state index in [9.17, 15) is 13.0 Å². The normalized spacial score (nSPS) is 12.2. The molecule has 6 nitrogen and oxygen atoms in total. The minimum absolute atomic E-state index is 0.132. The number of rotatable bonds is 3. The number of fused-ring (bicyclic) bond motifs is 1. The lowest BCUT2D eigenvalue weighted by Crippen LogP contribution is -2.00. The minimum atomic E-state index is -4.26. The molecule has 1 N–H and O–H groups in total. The summed E-state index contributed by atoms with van der Waals surface area (Å²) in [5.41, 5.74) is 0.539. The smallest absolute Gasteiger partial charge is 0.285 e. The molecule has 0 aliphatic rings. The molecule has 0 spiro atoms. The Balaban J connectivity index is 2.72. The summed E-state index contributed by atoms with van der Waals surface area (Å²) in [6.07, 6.45) is 0. The molecule has 0 fully saturated rings. The summed E-state index contributed by atoms with van der Waals surface area (Å²) in [4.78, 5) is -0.132. The van der Waals surface area contributed by atoms with Crippen molar-refractivity contribution >= 4 is 26.6 Å². The molecule has 0 amide bonds. The highest BCUT2D eigenvalue weighted by molar-refractivity contribution is 7.86. The summed E-state index contributed by atoms with van der Waals surface area (Å²) in [7, 11) is -0.791. The van der Waals surface area contributed by atoms with Gasteiger partial charge in [0.1, 0.15) is 4.90 Å². The molecular formula is C12H13N3O3S. The van der Waals surface area contributed by atoms with E-state index in [0.717, 1.165) is 0 Å². The Hall–Kier alpha value is -1.99. The molecule has 0 aliphatic carbocycles. The van der Waals surface area contributed by atoms with Crippen LogP contribution in [-0.4, -0.2) is 32.1 Å². The maximum Gasteiger partial charge on any atom is 0.295 e. The van der Waals surface area contributed by atoms with Crippen LogP contribution in [0.3, 0.4) is 0 Å². The van der Waals surface area contributed by atoms with Crippen molar-refractivity contribution in [3.8, 4) is 0 Å². The molecule has 2 aromatic rings. The SMILES string of the molecule is CN(C)N=Nc1ccc(S(=O)(=O)O)c2ccccc12. The van der Waals surface area contributed by atoms with E-state index < -0.39 is 10.1 Å². The first-order chi connectivity index (χ1) is 8.89. The average molecular weight is 279 g/mol. The number of hydrogen-bond donors (Lipinski definition) is 1. The highest BCUT2D eigenvalue weighted by Crippen LogP contribution is 2.31. The van der Waals surface area contributed by atoms with E-state index in [2.05, 4.69) is 10.3 Å². The van der Waals surface area contributed by atoms with Crippen molar-refractivity contribution in [3.63, 3.8) is 0 Å². The molecule has 0 radical (unpaired) electrons. The Morgan fingerprint density at radius 2 is 1.68 bits per heavy atom. The van der Waals surface area contributed by atoms with Gasteiger partial charge >= 0.3 is 0 Å². The molecule has 100 valence electrons. The second-order valence-electron chi connectivity index (χ2n) is 4.14. The molecule has 0 aliphatic heterocycles. The molecule has 0 saturated carbocycles. The molecular weight excluding hydrogens is 266 g/mol. The standard InChI is InChI=1S/C12H13N3O3S/c1-15(2)14-13-11-7-8-12(19(16,17)18)10-6-4-3-5-9(10)11/h3-8H,1-2H3,(H,16,17,18). The van der Waals surface area contributed by atoms with Gasteiger partial charge in [-0.15, -0.1) is 5.11 Å². The zero-order valence-corrected chi connectivity index (χ0v) is 11.3. The van der Waals surface area contributed by atoms with Crippen LogP contribution < -0.4 is 0 Å². The molecule has 19 heavy (non-hydrogen) atoms. The quantitative estimate of drug-likeness (QED) is 0.532. The Morgan fingerprint density at radius 3 is 2.26 bits per heavy atom. The number of nitrogens with zero attached hydrogens (tertiary/aromatic N) is 3. The van der Waals surface area contributed by atoms with Crippen molar-refractivity contribution in [3.05, 3.63) is 36.4 Å². The van der Waals surface area contributed by atoms with Crippen LogP contribution in [0.5, 0.6) is 0 Å². The summed E-state index contributed by atoms with van der Waals surface area (Å²) in [6, 6.07) is 9.65. The highest BCUT2D eigenvalue weighted by Gasteiger charge is 2.15. The summed E-state index contributed by atoms with van der Waals surface area (Å²) in [6.45, 7) is 0. The maximum atomic E-state index is 11.3. The predicted molar refractivity (Wildman–Crippen MR) is 72.0 cm³/mol. The Bertz CT molecular complexity index is 739. The van der Waals surface area contributed by atoms with Gasteiger partial charge in [0.05, 0.1) is 5.69 Å². The van der Waals surface area contributed by atoms with Crippen molar-refractivity contribution in [2.24, 2.45) is 10.3 Å². The van der Waals surface area contributed by atoms with Crippen molar-refractivity contribution in [1.29, 1.82) is 0 Å². The number of hydrogen-bond acceptors (Lipinski definition) is 4. The van der Waals surface area contributed by atoms with Crippen LogP contribution in [0.15, 0.2) is 51.6 Å². The molecule has 0 aromatic heterocycles. The first-order valence-electron chi connectivity index (χ1n) is 5.48. The summed E-state index contributed by atoms with van der Waals surface area (Å²) in [5, 5.41) is 10.5. The second-order valence-corrected chi connectivity index (χ2v) is 5.53. The second kappa shape index (κ2) is 4.94. The van der Waals surface area contributed by atoms with E-state index in [0.29, 0.717) is 16.5 Å². The van der Waals surface area contributed by atoms with E-state index in [1.54, 1.807) is 38.4 Å². The van der Waals surface area contributed by atoms with E-state index >= 15 is 0 Å². The topological polar surface area (TPSA) is 82.3 Å². The first kappa shape index (κ1) is 13.4. The van der Waals surface area contributed by atoms with Gasteiger partial charge in [-0.3, -0.25) is 9.56 Å². The van der Waals surface area contributed by atoms with Gasteiger partial charge in [-0.05, 0) is 12.1 Å². The van der Waals surface area contributed by atoms with Gasteiger partial charge in [-0.1, -0.05) is 29.5 Å². The van der Waals surface area contributed by atoms with Crippen LogP contribution in [0, 0.1) is 0 Å². The molecule has 2 aromatic carbocycles. The monoisotopic (exact) mass is 279 g/mol. The van der Waals surface area contributed by atoms with Crippen LogP contribution >= 0.6 is 0 Å². The first-order valence-corrected chi connectivity index (χ1v) is 6.92. The van der Waals surface area contributed by atoms with Gasteiger partial charge in [0.25, 0.3) is 10.1 Å². The van der Waals surface area contributed by atoms with Crippen molar-refractivity contribution in [2.75, 3.05) is 14.1 Å². The summed E-state index contributed by atoms with van der Waals surface area (Å²) in [5.74, 6) is 0. The lowest BCUT2D eigenvalue weighted by Gasteiger charge is -2.06. The third-order valence-corrected chi connectivity index (χ3v) is 3.38. The fourth-order valence-electron chi connectivity index (χ4n) is 1.71. The fourth-order valence-corrected chi connectivity index (χ4v) is 2.40. The van der Waals surface area contributed by atoms with E-state index in [1.807, 2.05) is 0 Å². The van der Waals surface area contributed by atoms with Gasteiger partial charge < -0.3 is 0 Å². The van der Waals surface area contributed by atoms with Crippen molar-refractivity contribution < 1.29 is 13.0 Å². The minimum Gasteiger partial charge on any atom is -0.285 e. The summed E-state index contributed by atoms with van der Waals surface area (Å²) >= 11 is 0. The van der Waals surface area contributed by atoms with Crippen LogP contribution in [0.4, 0.5) is 5.69 Å². The largest absolute Gasteiger partial charge is 0.295 e. The van der Waals surface area contributed by atoms with Gasteiger partial charge in [0, 0.05) is 24.9 Å². The zero-order valence-electron chi connectivity index (χ0n) is 10.5. The van der Waals surface area contributed by atoms with E-state index in [1.165, 1.54) is 17.1 Å². The van der Waals surface area contributed by atoms with Crippen LogP contribution in [0.2, 0.25) is 0 Å². The van der Waals surface area contributed by atoms with Gasteiger partial charge in [-0.25, -0.2) is 0 Å². The van der Waals surface area contributed by atoms with E-state index in [-0.39, 0.29) is 4.90 Å². The van der Waals surface area contributed by atoms with Crippen LogP contribution in [0.1, 0.15) is 0 Å². The third kappa shape index (κ3) is 2.88. The molecule has 0 heterocycles. The van der Waals surface area contributed by atoms with Crippen LogP contribution in [0.25, 0.3) is 10.8 Å². The van der Waals surface area contributed by atoms with Crippen LogP contribution in [-0.2, 0) is 10.1 Å². The average Bonchev–Trinajstić information content (AvgIpc) is 2.34. The Kier molecular flexibility index (Phi) is 3.50. The molecule has 0 unspecified atom stereocenters. The molecule has 0 bridgehead atoms. The molecule has 7 heteroatoms. The molecule has 0 atom stereocenters. The fraction of sp³-hybridized carbons (Fsp3) is 0.167. The van der Waals surface area contributed by atoms with Gasteiger partial charge in [0.2, 0.25) is 0 Å². The Morgan fingerprint density at radius 1 is 1.05 bits per heavy atom. The predicted octanol–water partition coefficient (Wildman–Crippen LogP) is 2.65. The van der Waals surface area contributed by atoms with Gasteiger partial charge in [0.15, 0.2) is 0 Å². The molecule has 2 rings (SSSR count). The van der Waals surface area contributed by atoms with E-state index in [4.69, 9.17) is 0 Å². The third-order valence-electron chi connectivity index (χ3n) is 2.47. The lowest BCUT2D eigenvalue weighted by molar-refractivity contribution is 0.408. The van der Waals surface area contributed by atoms with Crippen molar-refractivity contribution in [1.82, 2.24) is 5.01 Å². The van der Waals surface area contributed by atoms with Gasteiger partial charge in [-0.2, -0.15) is 8.42 Å². The maximum absolute atomic E-state index is 11.3. The van der Waals surface area contributed by atoms with Crippen molar-refractivity contribution in [2.45, 2.75) is 4.90 Å². The number of benzene rings is 2.